The quantitative estimate of drug-likeness (QED) is 0.424. The summed E-state index contributed by atoms with van der Waals surface area (Å²) >= 11 is 7.06. The summed E-state index contributed by atoms with van der Waals surface area (Å²) in [6.07, 6.45) is 5.59. The van der Waals surface area contributed by atoms with Crippen molar-refractivity contribution >= 4 is 22.5 Å². The van der Waals surface area contributed by atoms with Gasteiger partial charge in [-0.3, -0.25) is 4.90 Å². The maximum atomic E-state index is 12.3. The fraction of sp³-hybridized carbons (Fsp3) is 0.462. The molecule has 1 atom stereocenters. The molecule has 3 aromatic heterocycles. The van der Waals surface area contributed by atoms with Crippen LogP contribution in [0.3, 0.4) is 0 Å². The maximum absolute atomic E-state index is 12.3. The van der Waals surface area contributed by atoms with Crippen molar-refractivity contribution < 1.29 is 9.84 Å². The number of rotatable bonds is 6. The van der Waals surface area contributed by atoms with E-state index in [1.807, 2.05) is 36.7 Å². The Bertz CT molecular complexity index is 1410. The minimum atomic E-state index is -1.56. The summed E-state index contributed by atoms with van der Waals surface area (Å²) in [4.78, 5) is 11.6. The highest BCUT2D eigenvalue weighted by Gasteiger charge is 2.40. The molecule has 5 rings (SSSR count). The number of benzene rings is 1. The molecule has 4 aromatic rings. The number of piperidine rings is 1. The topological polar surface area (TPSA) is 94.1 Å². The predicted octanol–water partition coefficient (Wildman–Crippen LogP) is 3.58. The van der Waals surface area contributed by atoms with Crippen LogP contribution in [0.15, 0.2) is 30.6 Å². The van der Waals surface area contributed by atoms with Crippen LogP contribution in [0.1, 0.15) is 48.1 Å². The summed E-state index contributed by atoms with van der Waals surface area (Å²) in [7, 11) is 5.26. The van der Waals surface area contributed by atoms with Gasteiger partial charge < -0.3 is 14.4 Å². The predicted molar refractivity (Wildman–Crippen MR) is 138 cm³/mol. The van der Waals surface area contributed by atoms with Gasteiger partial charge in [-0.1, -0.05) is 29.8 Å². The highest BCUT2D eigenvalue weighted by molar-refractivity contribution is 6.36. The molecule has 1 fully saturated rings. The average Bonchev–Trinajstić information content (AvgIpc) is 3.46. The van der Waals surface area contributed by atoms with Crippen molar-refractivity contribution in [3.05, 3.63) is 64.0 Å². The highest BCUT2D eigenvalue weighted by Crippen LogP contribution is 2.40. The summed E-state index contributed by atoms with van der Waals surface area (Å²) < 4.78 is 9.10. The van der Waals surface area contributed by atoms with E-state index in [9.17, 15) is 5.11 Å². The van der Waals surface area contributed by atoms with Crippen molar-refractivity contribution in [3.8, 4) is 5.88 Å². The average molecular weight is 510 g/mol. The van der Waals surface area contributed by atoms with Crippen LogP contribution in [-0.2, 0) is 26.2 Å². The number of aliphatic hydroxyl groups is 1. The van der Waals surface area contributed by atoms with Gasteiger partial charge in [0.1, 0.15) is 11.5 Å². The third-order valence-electron chi connectivity index (χ3n) is 7.52. The molecule has 0 bridgehead atoms. The van der Waals surface area contributed by atoms with E-state index in [1.54, 1.807) is 31.2 Å². The third-order valence-corrected chi connectivity index (χ3v) is 7.96. The Morgan fingerprint density at radius 1 is 1.17 bits per heavy atom. The Kier molecular flexibility index (Phi) is 6.48. The molecule has 1 unspecified atom stereocenters. The summed E-state index contributed by atoms with van der Waals surface area (Å²) in [5.74, 6) is 2.06. The van der Waals surface area contributed by atoms with Gasteiger partial charge in [0.25, 0.3) is 0 Å². The van der Waals surface area contributed by atoms with Gasteiger partial charge in [0.15, 0.2) is 5.60 Å². The molecule has 9 nitrogen and oxygen atoms in total. The first-order valence-corrected chi connectivity index (χ1v) is 12.6. The Hall–Kier alpha value is -3.01. The van der Waals surface area contributed by atoms with E-state index in [4.69, 9.17) is 21.3 Å². The maximum Gasteiger partial charge on any atom is 0.219 e. The van der Waals surface area contributed by atoms with Gasteiger partial charge in [-0.05, 0) is 56.5 Å². The molecule has 36 heavy (non-hydrogen) atoms. The van der Waals surface area contributed by atoms with Crippen LogP contribution in [0.2, 0.25) is 5.02 Å². The number of ether oxygens (including phenoxy) is 1. The van der Waals surface area contributed by atoms with Crippen LogP contribution in [0.25, 0.3) is 10.9 Å². The van der Waals surface area contributed by atoms with E-state index in [0.29, 0.717) is 39.9 Å². The smallest absolute Gasteiger partial charge is 0.219 e. The van der Waals surface area contributed by atoms with Crippen LogP contribution in [-0.4, -0.2) is 59.7 Å². The molecule has 10 heteroatoms. The second kappa shape index (κ2) is 9.46. The summed E-state index contributed by atoms with van der Waals surface area (Å²) in [6, 6.07) is 5.62. The fourth-order valence-electron chi connectivity index (χ4n) is 5.10. The second-order valence-electron chi connectivity index (χ2n) is 9.81. The van der Waals surface area contributed by atoms with E-state index < -0.39 is 5.60 Å². The number of fused-ring (bicyclic) bond motifs is 1. The molecular weight excluding hydrogens is 478 g/mol. The van der Waals surface area contributed by atoms with E-state index in [2.05, 4.69) is 27.1 Å². The van der Waals surface area contributed by atoms with Crippen LogP contribution in [0, 0.1) is 12.8 Å². The normalized spacial score (nSPS) is 17.0. The standard InChI is InChI=1S/C26H32ClN7O2/c1-16-8-10-34(11-9-16)15-20-24(27)19-12-18(6-7-21(19)30-25(20)36-5)26(35,23-14-29-31-33(23)4)22-13-28-17(2)32(22)3/h6-7,12-14,16,35H,8-11,15H2,1-5H3. The molecule has 1 N–H and O–H groups in total. The molecular formula is C26H32ClN7O2. The number of aromatic nitrogens is 6. The largest absolute Gasteiger partial charge is 0.481 e. The lowest BCUT2D eigenvalue weighted by Crippen LogP contribution is -2.33. The molecule has 0 amide bonds. The Morgan fingerprint density at radius 2 is 1.92 bits per heavy atom. The SMILES string of the molecule is COc1nc2ccc(C(O)(c3cnnn3C)c3cnc(C)n3C)cc2c(Cl)c1CN1CCC(C)CC1. The molecule has 1 aromatic carbocycles. The van der Waals surface area contributed by atoms with Gasteiger partial charge in [-0.2, -0.15) is 0 Å². The van der Waals surface area contributed by atoms with Gasteiger partial charge >= 0.3 is 0 Å². The Morgan fingerprint density at radius 3 is 2.53 bits per heavy atom. The molecule has 0 aliphatic carbocycles. The number of nitrogens with zero attached hydrogens (tertiary/aromatic N) is 7. The number of likely N-dealkylation sites (tertiary alicyclic amines) is 1. The van der Waals surface area contributed by atoms with E-state index >= 15 is 0 Å². The summed E-state index contributed by atoms with van der Waals surface area (Å²) in [6.45, 7) is 6.90. The summed E-state index contributed by atoms with van der Waals surface area (Å²) in [5, 5.41) is 21.8. The number of methoxy groups -OCH3 is 1. The number of imidazole rings is 1. The van der Waals surface area contributed by atoms with Crippen molar-refractivity contribution in [2.45, 2.75) is 38.8 Å². The van der Waals surface area contributed by atoms with Crippen molar-refractivity contribution in [2.24, 2.45) is 20.0 Å². The van der Waals surface area contributed by atoms with E-state index in [1.165, 1.54) is 12.8 Å². The number of pyridine rings is 1. The minimum Gasteiger partial charge on any atom is -0.481 e. The van der Waals surface area contributed by atoms with E-state index in [-0.39, 0.29) is 0 Å². The second-order valence-corrected chi connectivity index (χ2v) is 10.2. The van der Waals surface area contributed by atoms with Crippen LogP contribution in [0.4, 0.5) is 0 Å². The zero-order chi connectivity index (χ0) is 25.6. The third kappa shape index (κ3) is 4.05. The first-order valence-electron chi connectivity index (χ1n) is 12.2. The molecule has 190 valence electrons. The minimum absolute atomic E-state index is 0.519. The van der Waals surface area contributed by atoms with Gasteiger partial charge in [-0.15, -0.1) is 5.10 Å². The molecule has 0 saturated carbocycles. The zero-order valence-corrected chi connectivity index (χ0v) is 22.1. The van der Waals surface area contributed by atoms with Crippen LogP contribution >= 0.6 is 11.6 Å². The molecule has 1 aliphatic heterocycles. The highest BCUT2D eigenvalue weighted by atomic mass is 35.5. The first-order chi connectivity index (χ1) is 17.2. The van der Waals surface area contributed by atoms with Gasteiger partial charge in [-0.25, -0.2) is 14.6 Å². The lowest BCUT2D eigenvalue weighted by Gasteiger charge is -2.31. The first kappa shape index (κ1) is 24.7. The molecule has 0 spiro atoms. The number of halogens is 1. The molecule has 1 saturated heterocycles. The molecule has 0 radical (unpaired) electrons. The number of hydrogen-bond acceptors (Lipinski definition) is 7. The van der Waals surface area contributed by atoms with Crippen LogP contribution in [0.5, 0.6) is 5.88 Å². The zero-order valence-electron chi connectivity index (χ0n) is 21.4. The van der Waals surface area contributed by atoms with Crippen molar-refractivity contribution in [1.82, 2.24) is 34.4 Å². The molecule has 4 heterocycles. The summed E-state index contributed by atoms with van der Waals surface area (Å²) in [5.41, 5.74) is 1.74. The number of aryl methyl sites for hydroxylation is 2. The Balaban J connectivity index is 1.66. The lowest BCUT2D eigenvalue weighted by molar-refractivity contribution is 0.108. The fourth-order valence-corrected chi connectivity index (χ4v) is 5.39. The van der Waals surface area contributed by atoms with E-state index in [0.717, 1.165) is 35.8 Å². The monoisotopic (exact) mass is 509 g/mol. The van der Waals surface area contributed by atoms with Crippen molar-refractivity contribution in [3.63, 3.8) is 0 Å². The van der Waals surface area contributed by atoms with Crippen LogP contribution < -0.4 is 4.74 Å². The number of hydrogen-bond donors (Lipinski definition) is 1. The van der Waals surface area contributed by atoms with Gasteiger partial charge in [0.05, 0.1) is 35.7 Å². The van der Waals surface area contributed by atoms with Crippen molar-refractivity contribution in [2.75, 3.05) is 20.2 Å². The van der Waals surface area contributed by atoms with Gasteiger partial charge in [0, 0.05) is 31.6 Å². The van der Waals surface area contributed by atoms with Gasteiger partial charge in [0.2, 0.25) is 5.88 Å². The Labute approximate surface area is 215 Å². The lowest BCUT2D eigenvalue weighted by atomic mass is 9.86. The van der Waals surface area contributed by atoms with Crippen molar-refractivity contribution in [1.29, 1.82) is 0 Å². The molecule has 1 aliphatic rings.